The van der Waals surface area contributed by atoms with E-state index in [2.05, 4.69) is 5.32 Å². The van der Waals surface area contributed by atoms with E-state index in [1.54, 1.807) is 19.9 Å². The highest BCUT2D eigenvalue weighted by molar-refractivity contribution is 6.16. The Bertz CT molecular complexity index is 404. The van der Waals surface area contributed by atoms with Crippen LogP contribution in [-0.2, 0) is 5.88 Å². The quantitative estimate of drug-likeness (QED) is 0.803. The minimum absolute atomic E-state index is 0.161. The lowest BCUT2D eigenvalue weighted by molar-refractivity contribution is 0.0899. The third-order valence-corrected chi connectivity index (χ3v) is 1.99. The number of nitrogens with zero attached hydrogens (tertiary/aromatic N) is 1. The maximum Gasteiger partial charge on any atom is 0.288 e. The molecule has 0 atom stereocenters. The first-order valence-electron chi connectivity index (χ1n) is 4.37. The molecule has 0 unspecified atom stereocenters. The first-order chi connectivity index (χ1) is 6.98. The molecule has 1 aromatic heterocycles. The Morgan fingerprint density at radius 3 is 2.80 bits per heavy atom. The fourth-order valence-corrected chi connectivity index (χ4v) is 1.09. The molecule has 4 nitrogen and oxygen atoms in total. The smallest absolute Gasteiger partial charge is 0.288 e. The van der Waals surface area contributed by atoms with Gasteiger partial charge in [0.05, 0.1) is 11.9 Å². The molecule has 15 heavy (non-hydrogen) atoms. The molecular formula is C10H11ClN2O2. The van der Waals surface area contributed by atoms with E-state index < -0.39 is 11.4 Å². The molecular weight excluding hydrogens is 216 g/mol. The van der Waals surface area contributed by atoms with Crippen molar-refractivity contribution < 1.29 is 9.21 Å². The van der Waals surface area contributed by atoms with Crippen molar-refractivity contribution in [1.29, 1.82) is 5.26 Å². The molecule has 1 rings (SSSR count). The molecule has 1 aromatic rings. The molecule has 5 heteroatoms. The van der Waals surface area contributed by atoms with Crippen LogP contribution in [0.5, 0.6) is 0 Å². The number of nitrogens with one attached hydrogen (secondary N) is 1. The molecule has 0 saturated heterocycles. The van der Waals surface area contributed by atoms with Gasteiger partial charge in [0.1, 0.15) is 11.3 Å². The van der Waals surface area contributed by atoms with Gasteiger partial charge in [-0.05, 0) is 26.0 Å². The van der Waals surface area contributed by atoms with Crippen LogP contribution in [0.3, 0.4) is 0 Å². The van der Waals surface area contributed by atoms with Crippen molar-refractivity contribution in [2.24, 2.45) is 0 Å². The number of rotatable bonds is 3. The Kier molecular flexibility index (Phi) is 3.38. The zero-order valence-corrected chi connectivity index (χ0v) is 9.26. The monoisotopic (exact) mass is 226 g/mol. The van der Waals surface area contributed by atoms with Crippen LogP contribution in [0.1, 0.15) is 30.2 Å². The third kappa shape index (κ3) is 3.00. The summed E-state index contributed by atoms with van der Waals surface area (Å²) >= 11 is 5.53. The molecule has 0 radical (unpaired) electrons. The molecule has 80 valence electrons. The normalized spacial score (nSPS) is 10.8. The predicted molar refractivity (Wildman–Crippen MR) is 55.4 cm³/mol. The lowest BCUT2D eigenvalue weighted by Crippen LogP contribution is -2.41. The summed E-state index contributed by atoms with van der Waals surface area (Å²) in [5, 5.41) is 11.2. The van der Waals surface area contributed by atoms with E-state index in [0.717, 1.165) is 0 Å². The summed E-state index contributed by atoms with van der Waals surface area (Å²) < 4.78 is 5.13. The van der Waals surface area contributed by atoms with E-state index in [0.29, 0.717) is 5.76 Å². The van der Waals surface area contributed by atoms with Crippen LogP contribution < -0.4 is 5.32 Å². The molecule has 0 aliphatic heterocycles. The highest BCUT2D eigenvalue weighted by atomic mass is 35.5. The summed E-state index contributed by atoms with van der Waals surface area (Å²) in [5.74, 6) is 0.484. The number of hydrogen-bond acceptors (Lipinski definition) is 3. The summed E-state index contributed by atoms with van der Waals surface area (Å²) in [6.45, 7) is 3.21. The van der Waals surface area contributed by atoms with E-state index in [4.69, 9.17) is 21.3 Å². The molecule has 1 heterocycles. The van der Waals surface area contributed by atoms with Gasteiger partial charge >= 0.3 is 0 Å². The van der Waals surface area contributed by atoms with Crippen LogP contribution in [0, 0.1) is 11.3 Å². The second-order valence-corrected chi connectivity index (χ2v) is 3.86. The first-order valence-corrected chi connectivity index (χ1v) is 4.90. The summed E-state index contributed by atoms with van der Waals surface area (Å²) in [7, 11) is 0. The molecule has 0 aliphatic rings. The van der Waals surface area contributed by atoms with Crippen LogP contribution in [0.25, 0.3) is 0 Å². The van der Waals surface area contributed by atoms with Gasteiger partial charge in [0.15, 0.2) is 5.76 Å². The number of halogens is 1. The number of carbonyl (C=O) groups excluding carboxylic acids is 1. The Morgan fingerprint density at radius 2 is 2.33 bits per heavy atom. The average molecular weight is 227 g/mol. The molecule has 0 fully saturated rings. The van der Waals surface area contributed by atoms with Gasteiger partial charge in [0.2, 0.25) is 0 Å². The van der Waals surface area contributed by atoms with Gasteiger partial charge in [-0.1, -0.05) is 0 Å². The van der Waals surface area contributed by atoms with Gasteiger partial charge in [-0.3, -0.25) is 4.79 Å². The maximum atomic E-state index is 11.5. The van der Waals surface area contributed by atoms with E-state index in [9.17, 15) is 4.79 Å². The zero-order valence-electron chi connectivity index (χ0n) is 8.50. The van der Waals surface area contributed by atoms with Gasteiger partial charge in [-0.25, -0.2) is 0 Å². The van der Waals surface area contributed by atoms with Crippen LogP contribution in [0.15, 0.2) is 16.5 Å². The molecule has 1 amide bonds. The number of nitriles is 1. The number of alkyl halides is 1. The third-order valence-electron chi connectivity index (χ3n) is 1.72. The highest BCUT2D eigenvalue weighted by Crippen LogP contribution is 2.11. The molecule has 0 aromatic carbocycles. The van der Waals surface area contributed by atoms with Crippen LogP contribution in [0.2, 0.25) is 0 Å². The Balaban J connectivity index is 2.74. The van der Waals surface area contributed by atoms with Crippen LogP contribution in [-0.4, -0.2) is 11.4 Å². The summed E-state index contributed by atoms with van der Waals surface area (Å²) in [5.41, 5.74) is -0.912. The van der Waals surface area contributed by atoms with E-state index in [-0.39, 0.29) is 11.6 Å². The lowest BCUT2D eigenvalue weighted by Gasteiger charge is -2.15. The molecule has 0 saturated carbocycles. The van der Waals surface area contributed by atoms with Crippen LogP contribution in [0.4, 0.5) is 0 Å². The standard InChI is InChI=1S/C10H11ClN2O2/c1-10(2,6-12)13-9(14)8-4-3-7(5-11)15-8/h3-4H,5H2,1-2H3,(H,13,14). The molecule has 0 bridgehead atoms. The summed E-state index contributed by atoms with van der Waals surface area (Å²) in [6, 6.07) is 5.12. The molecule has 0 aliphatic carbocycles. The molecule has 0 spiro atoms. The van der Waals surface area contributed by atoms with Crippen molar-refractivity contribution in [2.75, 3.05) is 0 Å². The van der Waals surface area contributed by atoms with Crippen molar-refractivity contribution >= 4 is 17.5 Å². The SMILES string of the molecule is CC(C)(C#N)NC(=O)c1ccc(CCl)o1. The maximum absolute atomic E-state index is 11.5. The van der Waals surface area contributed by atoms with Crippen molar-refractivity contribution in [3.8, 4) is 6.07 Å². The summed E-state index contributed by atoms with van der Waals surface area (Å²) in [6.07, 6.45) is 0. The predicted octanol–water partition coefficient (Wildman–Crippen LogP) is 2.05. The van der Waals surface area contributed by atoms with E-state index >= 15 is 0 Å². The Morgan fingerprint density at radius 1 is 1.67 bits per heavy atom. The lowest BCUT2D eigenvalue weighted by atomic mass is 10.1. The van der Waals surface area contributed by atoms with Gasteiger partial charge in [-0.15, -0.1) is 11.6 Å². The molecule has 1 N–H and O–H groups in total. The minimum Gasteiger partial charge on any atom is -0.455 e. The zero-order chi connectivity index (χ0) is 11.5. The fourth-order valence-electron chi connectivity index (χ4n) is 0.945. The number of furan rings is 1. The van der Waals surface area contributed by atoms with E-state index in [1.165, 1.54) is 6.07 Å². The number of carbonyl (C=O) groups is 1. The fraction of sp³-hybridized carbons (Fsp3) is 0.400. The van der Waals surface area contributed by atoms with Gasteiger partial charge in [-0.2, -0.15) is 5.26 Å². The Labute approximate surface area is 92.8 Å². The number of hydrogen-bond donors (Lipinski definition) is 1. The minimum atomic E-state index is -0.912. The van der Waals surface area contributed by atoms with E-state index in [1.807, 2.05) is 6.07 Å². The van der Waals surface area contributed by atoms with Crippen molar-refractivity contribution in [3.63, 3.8) is 0 Å². The number of amides is 1. The van der Waals surface area contributed by atoms with Crippen molar-refractivity contribution in [1.82, 2.24) is 5.32 Å². The average Bonchev–Trinajstić information content (AvgIpc) is 2.65. The van der Waals surface area contributed by atoms with Gasteiger partial charge in [0.25, 0.3) is 5.91 Å². The van der Waals surface area contributed by atoms with Crippen molar-refractivity contribution in [3.05, 3.63) is 23.7 Å². The topological polar surface area (TPSA) is 66.0 Å². The van der Waals surface area contributed by atoms with Crippen LogP contribution >= 0.6 is 11.6 Å². The van der Waals surface area contributed by atoms with Crippen molar-refractivity contribution in [2.45, 2.75) is 25.3 Å². The highest BCUT2D eigenvalue weighted by Gasteiger charge is 2.22. The Hall–Kier alpha value is -1.47. The largest absolute Gasteiger partial charge is 0.455 e. The first kappa shape index (κ1) is 11.6. The summed E-state index contributed by atoms with van der Waals surface area (Å²) in [4.78, 5) is 11.5. The van der Waals surface area contributed by atoms with Gasteiger partial charge in [0, 0.05) is 0 Å². The second-order valence-electron chi connectivity index (χ2n) is 3.59. The van der Waals surface area contributed by atoms with Gasteiger partial charge < -0.3 is 9.73 Å². The second kappa shape index (κ2) is 4.37.